The number of rotatable bonds is 5. The fraction of sp³-hybridized carbons (Fsp3) is 0.409. The minimum absolute atomic E-state index is 0.0576. The van der Waals surface area contributed by atoms with Gasteiger partial charge in [-0.15, -0.1) is 0 Å². The lowest BCUT2D eigenvalue weighted by atomic mass is 9.86. The summed E-state index contributed by atoms with van der Waals surface area (Å²) >= 11 is 0. The normalized spacial score (nSPS) is 14.0. The van der Waals surface area contributed by atoms with Gasteiger partial charge >= 0.3 is 0 Å². The Morgan fingerprint density at radius 3 is 2.48 bits per heavy atom. The molecule has 0 unspecified atom stereocenters. The summed E-state index contributed by atoms with van der Waals surface area (Å²) < 4.78 is 25.3. The molecule has 27 heavy (non-hydrogen) atoms. The van der Waals surface area contributed by atoms with Gasteiger partial charge in [0.1, 0.15) is 0 Å². The molecule has 4 nitrogen and oxygen atoms in total. The van der Waals surface area contributed by atoms with Crippen molar-refractivity contribution in [1.29, 1.82) is 0 Å². The van der Waals surface area contributed by atoms with Gasteiger partial charge in [0.2, 0.25) is 5.91 Å². The molecule has 1 amide bonds. The second kappa shape index (κ2) is 7.47. The Hall–Kier alpha value is -2.14. The minimum atomic E-state index is -3.47. The van der Waals surface area contributed by atoms with Gasteiger partial charge in [0.15, 0.2) is 9.84 Å². The van der Waals surface area contributed by atoms with E-state index in [-0.39, 0.29) is 23.5 Å². The number of amides is 1. The molecule has 0 atom stereocenters. The number of hydrogen-bond donors (Lipinski definition) is 1. The molecule has 0 spiro atoms. The van der Waals surface area contributed by atoms with Crippen LogP contribution in [0.5, 0.6) is 0 Å². The molecule has 0 saturated carbocycles. The Labute approximate surface area is 161 Å². The molecule has 1 aliphatic carbocycles. The number of sulfone groups is 1. The Bertz CT molecular complexity index is 956. The molecule has 0 saturated heterocycles. The van der Waals surface area contributed by atoms with Crippen LogP contribution in [0.25, 0.3) is 0 Å². The Morgan fingerprint density at radius 2 is 1.74 bits per heavy atom. The number of hydrogen-bond acceptors (Lipinski definition) is 3. The molecule has 0 fully saturated rings. The van der Waals surface area contributed by atoms with Crippen LogP contribution in [-0.2, 0) is 32.9 Å². The highest BCUT2D eigenvalue weighted by molar-refractivity contribution is 7.91. The van der Waals surface area contributed by atoms with Crippen LogP contribution in [0, 0.1) is 0 Å². The van der Waals surface area contributed by atoms with Crippen molar-refractivity contribution in [2.24, 2.45) is 0 Å². The van der Waals surface area contributed by atoms with E-state index < -0.39 is 9.84 Å². The first-order valence-corrected chi connectivity index (χ1v) is 11.1. The zero-order valence-electron chi connectivity index (χ0n) is 16.2. The third-order valence-electron chi connectivity index (χ3n) is 5.04. The predicted molar refractivity (Wildman–Crippen MR) is 109 cm³/mol. The number of carbonyl (C=O) groups excluding carboxylic acids is 1. The van der Waals surface area contributed by atoms with Gasteiger partial charge in [-0.2, -0.15) is 0 Å². The van der Waals surface area contributed by atoms with E-state index in [1.807, 2.05) is 30.3 Å². The van der Waals surface area contributed by atoms with E-state index in [4.69, 9.17) is 0 Å². The highest BCUT2D eigenvalue weighted by Gasteiger charge is 2.21. The number of para-hydroxylation sites is 1. The fourth-order valence-electron chi connectivity index (χ4n) is 3.55. The van der Waals surface area contributed by atoms with Crippen molar-refractivity contribution in [2.75, 3.05) is 11.1 Å². The molecule has 2 aromatic rings. The molecule has 2 aromatic carbocycles. The van der Waals surface area contributed by atoms with Crippen LogP contribution < -0.4 is 5.32 Å². The lowest BCUT2D eigenvalue weighted by molar-refractivity contribution is -0.115. The predicted octanol–water partition coefficient (Wildman–Crippen LogP) is 4.28. The Balaban J connectivity index is 1.67. The summed E-state index contributed by atoms with van der Waals surface area (Å²) in [5.41, 5.74) is 4.02. The minimum Gasteiger partial charge on any atom is -0.326 e. The third-order valence-corrected chi connectivity index (χ3v) is 6.75. The monoisotopic (exact) mass is 385 g/mol. The van der Waals surface area contributed by atoms with Crippen LogP contribution in [0.4, 0.5) is 5.69 Å². The molecule has 0 aromatic heterocycles. The maximum atomic E-state index is 12.6. The van der Waals surface area contributed by atoms with Crippen LogP contribution >= 0.6 is 0 Å². The van der Waals surface area contributed by atoms with Crippen molar-refractivity contribution in [2.45, 2.75) is 56.8 Å². The highest BCUT2D eigenvalue weighted by Crippen LogP contribution is 2.29. The molecule has 0 aliphatic heterocycles. The highest BCUT2D eigenvalue weighted by atomic mass is 32.2. The quantitative estimate of drug-likeness (QED) is 0.836. The molecule has 1 aliphatic rings. The van der Waals surface area contributed by atoms with Gasteiger partial charge in [0.05, 0.1) is 10.6 Å². The number of benzene rings is 2. The first-order valence-electron chi connectivity index (χ1n) is 9.41. The molecular formula is C22H27NO3S. The van der Waals surface area contributed by atoms with Gasteiger partial charge < -0.3 is 5.32 Å². The average molecular weight is 386 g/mol. The van der Waals surface area contributed by atoms with Gasteiger partial charge in [0.25, 0.3) is 0 Å². The molecule has 144 valence electrons. The van der Waals surface area contributed by atoms with Crippen molar-refractivity contribution < 1.29 is 13.2 Å². The van der Waals surface area contributed by atoms with Crippen molar-refractivity contribution in [3.8, 4) is 0 Å². The van der Waals surface area contributed by atoms with Gasteiger partial charge in [0, 0.05) is 12.1 Å². The lowest BCUT2D eigenvalue weighted by Gasteiger charge is -2.23. The van der Waals surface area contributed by atoms with E-state index in [9.17, 15) is 13.2 Å². The number of carbonyl (C=O) groups is 1. The number of fused-ring (bicyclic) bond motifs is 1. The van der Waals surface area contributed by atoms with Gasteiger partial charge in [-0.1, -0.05) is 45.0 Å². The Morgan fingerprint density at radius 1 is 1.04 bits per heavy atom. The van der Waals surface area contributed by atoms with Crippen LogP contribution in [-0.4, -0.2) is 20.1 Å². The van der Waals surface area contributed by atoms with Crippen LogP contribution in [0.15, 0.2) is 47.4 Å². The van der Waals surface area contributed by atoms with Crippen LogP contribution in [0.2, 0.25) is 0 Å². The summed E-state index contributed by atoms with van der Waals surface area (Å²) in [5, 5.41) is 2.88. The average Bonchev–Trinajstić information content (AvgIpc) is 3.07. The van der Waals surface area contributed by atoms with E-state index >= 15 is 0 Å². The zero-order chi connectivity index (χ0) is 19.7. The summed E-state index contributed by atoms with van der Waals surface area (Å²) in [6.07, 6.45) is 2.97. The van der Waals surface area contributed by atoms with Gasteiger partial charge in [-0.3, -0.25) is 4.79 Å². The van der Waals surface area contributed by atoms with Crippen LogP contribution in [0.1, 0.15) is 50.3 Å². The largest absolute Gasteiger partial charge is 0.326 e. The summed E-state index contributed by atoms with van der Waals surface area (Å²) in [7, 11) is -3.47. The topological polar surface area (TPSA) is 63.2 Å². The molecule has 0 bridgehead atoms. The number of anilines is 1. The van der Waals surface area contributed by atoms with Crippen LogP contribution in [0.3, 0.4) is 0 Å². The molecule has 0 heterocycles. The Kier molecular flexibility index (Phi) is 5.43. The van der Waals surface area contributed by atoms with Crippen molar-refractivity contribution in [1.82, 2.24) is 0 Å². The second-order valence-electron chi connectivity index (χ2n) is 8.20. The molecule has 3 rings (SSSR count). The van der Waals surface area contributed by atoms with Gasteiger partial charge in [-0.25, -0.2) is 8.42 Å². The smallest absolute Gasteiger partial charge is 0.225 e. The van der Waals surface area contributed by atoms with E-state index in [1.165, 1.54) is 5.56 Å². The van der Waals surface area contributed by atoms with Crippen molar-refractivity contribution >= 4 is 21.4 Å². The summed E-state index contributed by atoms with van der Waals surface area (Å²) in [5.74, 6) is -0.466. The summed E-state index contributed by atoms with van der Waals surface area (Å²) in [6.45, 7) is 6.24. The maximum absolute atomic E-state index is 12.6. The van der Waals surface area contributed by atoms with Crippen molar-refractivity contribution in [3.05, 3.63) is 59.2 Å². The molecular weight excluding hydrogens is 358 g/mol. The lowest BCUT2D eigenvalue weighted by Crippen LogP contribution is -2.21. The summed E-state index contributed by atoms with van der Waals surface area (Å²) in [6, 6.07) is 13.0. The first kappa shape index (κ1) is 19.6. The fourth-order valence-corrected chi connectivity index (χ4v) is 4.83. The SMILES string of the molecule is CC(C)(C)c1ccccc1NC(=O)CCS(=O)(=O)c1ccc2c(c1)CCC2. The molecule has 0 radical (unpaired) electrons. The van der Waals surface area contributed by atoms with E-state index in [1.54, 1.807) is 12.1 Å². The molecule has 5 heteroatoms. The van der Waals surface area contributed by atoms with Gasteiger partial charge in [-0.05, 0) is 59.6 Å². The standard InChI is InChI=1S/C22H27NO3S/c1-22(2,3)19-9-4-5-10-20(19)23-21(24)13-14-27(25,26)18-12-11-16-7-6-8-17(16)15-18/h4-5,9-12,15H,6-8,13-14H2,1-3H3,(H,23,24). The third kappa shape index (κ3) is 4.59. The summed E-state index contributed by atoms with van der Waals surface area (Å²) in [4.78, 5) is 12.7. The number of nitrogens with one attached hydrogen (secondary N) is 1. The first-order chi connectivity index (χ1) is 12.7. The zero-order valence-corrected chi connectivity index (χ0v) is 17.0. The maximum Gasteiger partial charge on any atom is 0.225 e. The molecule has 1 N–H and O–H groups in total. The van der Waals surface area contributed by atoms with E-state index in [0.717, 1.165) is 36.1 Å². The number of aryl methyl sites for hydroxylation is 2. The van der Waals surface area contributed by atoms with E-state index in [0.29, 0.717) is 4.90 Å². The van der Waals surface area contributed by atoms with Crippen molar-refractivity contribution in [3.63, 3.8) is 0 Å². The second-order valence-corrected chi connectivity index (χ2v) is 10.3. The van der Waals surface area contributed by atoms with E-state index in [2.05, 4.69) is 26.1 Å².